The van der Waals surface area contributed by atoms with Crippen LogP contribution in [0.25, 0.3) is 0 Å². The van der Waals surface area contributed by atoms with Crippen LogP contribution in [0, 0.1) is 0 Å². The lowest BCUT2D eigenvalue weighted by Gasteiger charge is -2.22. The summed E-state index contributed by atoms with van der Waals surface area (Å²) < 4.78 is 0. The van der Waals surface area contributed by atoms with Gasteiger partial charge in [-0.1, -0.05) is 53.5 Å². The summed E-state index contributed by atoms with van der Waals surface area (Å²) >= 11 is 17.1. The molecule has 116 valence electrons. The molecule has 2 atom stereocenters. The van der Waals surface area contributed by atoms with Crippen molar-refractivity contribution in [2.45, 2.75) is 19.1 Å². The van der Waals surface area contributed by atoms with Gasteiger partial charge in [0.1, 0.15) is 0 Å². The lowest BCUT2D eigenvalue weighted by atomic mass is 10.0. The molecule has 0 aliphatic heterocycles. The van der Waals surface area contributed by atoms with Crippen LogP contribution in [0.4, 0.5) is 5.69 Å². The van der Waals surface area contributed by atoms with E-state index in [1.54, 1.807) is 18.2 Å². The van der Waals surface area contributed by atoms with E-state index in [9.17, 15) is 5.11 Å². The minimum Gasteiger partial charge on any atom is -0.386 e. The van der Waals surface area contributed by atoms with Crippen LogP contribution in [0.15, 0.2) is 48.5 Å². The number of aliphatic hydroxyl groups is 1. The van der Waals surface area contributed by atoms with Crippen molar-refractivity contribution in [2.75, 3.05) is 5.32 Å². The van der Waals surface area contributed by atoms with Crippen LogP contribution in [0.2, 0.25) is 10.0 Å². The van der Waals surface area contributed by atoms with Gasteiger partial charge in [0.25, 0.3) is 0 Å². The molecule has 0 saturated carbocycles. The largest absolute Gasteiger partial charge is 0.386 e. The molecule has 3 N–H and O–H groups in total. The lowest BCUT2D eigenvalue weighted by Crippen LogP contribution is -2.39. The fourth-order valence-electron chi connectivity index (χ4n) is 1.97. The van der Waals surface area contributed by atoms with Gasteiger partial charge in [-0.2, -0.15) is 0 Å². The van der Waals surface area contributed by atoms with Gasteiger partial charge in [0.15, 0.2) is 5.11 Å². The van der Waals surface area contributed by atoms with E-state index in [1.807, 2.05) is 37.3 Å². The van der Waals surface area contributed by atoms with Gasteiger partial charge in [-0.15, -0.1) is 0 Å². The van der Waals surface area contributed by atoms with Crippen molar-refractivity contribution in [1.29, 1.82) is 0 Å². The maximum absolute atomic E-state index is 10.3. The first-order valence-electron chi connectivity index (χ1n) is 6.73. The summed E-state index contributed by atoms with van der Waals surface area (Å²) in [6.45, 7) is 1.86. The van der Waals surface area contributed by atoms with Gasteiger partial charge in [0.05, 0.1) is 22.2 Å². The second-order valence-electron chi connectivity index (χ2n) is 4.87. The van der Waals surface area contributed by atoms with Crippen LogP contribution in [0.5, 0.6) is 0 Å². The molecule has 0 aliphatic rings. The minimum absolute atomic E-state index is 0.245. The molecule has 0 saturated heterocycles. The van der Waals surface area contributed by atoms with Gasteiger partial charge < -0.3 is 15.7 Å². The molecule has 22 heavy (non-hydrogen) atoms. The first-order valence-corrected chi connectivity index (χ1v) is 7.89. The topological polar surface area (TPSA) is 44.3 Å². The predicted octanol–water partition coefficient (Wildman–Crippen LogP) is 4.40. The van der Waals surface area contributed by atoms with Gasteiger partial charge in [0.2, 0.25) is 0 Å². The highest BCUT2D eigenvalue weighted by atomic mass is 35.5. The SMILES string of the molecule is C[C@H](NC(=S)Nc1ccc(Cl)c(Cl)c1)[C@@H](O)c1ccccc1. The first-order chi connectivity index (χ1) is 10.5. The van der Waals surface area contributed by atoms with Crippen LogP contribution >= 0.6 is 35.4 Å². The highest BCUT2D eigenvalue weighted by Gasteiger charge is 2.16. The molecule has 3 nitrogen and oxygen atoms in total. The zero-order chi connectivity index (χ0) is 16.1. The Hall–Kier alpha value is -1.33. The quantitative estimate of drug-likeness (QED) is 0.712. The maximum Gasteiger partial charge on any atom is 0.171 e. The Bertz CT molecular complexity index is 652. The van der Waals surface area contributed by atoms with E-state index in [0.717, 1.165) is 11.3 Å². The Morgan fingerprint density at radius 2 is 1.77 bits per heavy atom. The predicted molar refractivity (Wildman–Crippen MR) is 96.7 cm³/mol. The Kier molecular flexibility index (Phi) is 6.03. The summed E-state index contributed by atoms with van der Waals surface area (Å²) in [5.74, 6) is 0. The van der Waals surface area contributed by atoms with Crippen LogP contribution < -0.4 is 10.6 Å². The van der Waals surface area contributed by atoms with Crippen LogP contribution in [0.1, 0.15) is 18.6 Å². The van der Waals surface area contributed by atoms with Crippen LogP contribution in [0.3, 0.4) is 0 Å². The number of rotatable bonds is 4. The molecule has 0 spiro atoms. The summed E-state index contributed by atoms with van der Waals surface area (Å²) in [4.78, 5) is 0. The van der Waals surface area contributed by atoms with E-state index in [2.05, 4.69) is 10.6 Å². The van der Waals surface area contributed by atoms with E-state index in [-0.39, 0.29) is 6.04 Å². The first kappa shape index (κ1) is 17.0. The van der Waals surface area contributed by atoms with Gasteiger partial charge in [0, 0.05) is 5.69 Å². The highest BCUT2D eigenvalue weighted by Crippen LogP contribution is 2.25. The maximum atomic E-state index is 10.3. The minimum atomic E-state index is -0.658. The molecule has 0 radical (unpaired) electrons. The molecule has 2 rings (SSSR count). The Balaban J connectivity index is 1.95. The van der Waals surface area contributed by atoms with Crippen molar-refractivity contribution in [3.05, 3.63) is 64.1 Å². The second kappa shape index (κ2) is 7.79. The molecule has 0 aromatic heterocycles. The molecule has 0 bridgehead atoms. The van der Waals surface area contributed by atoms with Gasteiger partial charge in [-0.25, -0.2) is 0 Å². The number of halogens is 2. The van der Waals surface area contributed by atoms with Crippen LogP contribution in [-0.4, -0.2) is 16.3 Å². The van der Waals surface area contributed by atoms with Crippen LogP contribution in [-0.2, 0) is 0 Å². The van der Waals surface area contributed by atoms with Gasteiger partial charge >= 0.3 is 0 Å². The zero-order valence-electron chi connectivity index (χ0n) is 11.9. The highest BCUT2D eigenvalue weighted by molar-refractivity contribution is 7.80. The monoisotopic (exact) mass is 354 g/mol. The van der Waals surface area contributed by atoms with Crippen molar-refractivity contribution in [2.24, 2.45) is 0 Å². The molecule has 2 aromatic carbocycles. The summed E-state index contributed by atoms with van der Waals surface area (Å²) in [6.07, 6.45) is -0.658. The fraction of sp³-hybridized carbons (Fsp3) is 0.188. The number of anilines is 1. The molecule has 0 heterocycles. The number of thiocarbonyl (C=S) groups is 1. The molecule has 6 heteroatoms. The average molecular weight is 355 g/mol. The molecule has 0 fully saturated rings. The van der Waals surface area contributed by atoms with E-state index in [1.165, 1.54) is 0 Å². The molecular weight excluding hydrogens is 339 g/mol. The van der Waals surface area contributed by atoms with Gasteiger partial charge in [-0.3, -0.25) is 0 Å². The van der Waals surface area contributed by atoms with Crippen molar-refractivity contribution in [3.63, 3.8) is 0 Å². The Labute approximate surface area is 145 Å². The standard InChI is InChI=1S/C16H16Cl2N2OS/c1-10(15(21)11-5-3-2-4-6-11)19-16(22)20-12-7-8-13(17)14(18)9-12/h2-10,15,21H,1H3,(H2,19,20,22)/t10-,15+/m0/s1. The number of hydrogen-bond acceptors (Lipinski definition) is 2. The normalized spacial score (nSPS) is 13.3. The van der Waals surface area contributed by atoms with Crippen molar-refractivity contribution in [3.8, 4) is 0 Å². The van der Waals surface area contributed by atoms with Crippen molar-refractivity contribution >= 4 is 46.2 Å². The summed E-state index contributed by atoms with van der Waals surface area (Å²) in [5.41, 5.74) is 1.56. The second-order valence-corrected chi connectivity index (χ2v) is 6.09. The summed E-state index contributed by atoms with van der Waals surface area (Å²) in [7, 11) is 0. The Morgan fingerprint density at radius 3 is 2.41 bits per heavy atom. The third-order valence-corrected chi connectivity index (χ3v) is 4.11. The van der Waals surface area contributed by atoms with Gasteiger partial charge in [-0.05, 0) is 42.9 Å². The van der Waals surface area contributed by atoms with E-state index in [4.69, 9.17) is 35.4 Å². The number of benzene rings is 2. The molecule has 2 aromatic rings. The third-order valence-electron chi connectivity index (χ3n) is 3.15. The van der Waals surface area contributed by atoms with E-state index in [0.29, 0.717) is 15.2 Å². The van der Waals surface area contributed by atoms with E-state index < -0.39 is 6.10 Å². The number of hydrogen-bond donors (Lipinski definition) is 3. The summed E-state index contributed by atoms with van der Waals surface area (Å²) in [5, 5.41) is 17.7. The van der Waals surface area contributed by atoms with Crippen molar-refractivity contribution in [1.82, 2.24) is 5.32 Å². The third kappa shape index (κ3) is 4.58. The lowest BCUT2D eigenvalue weighted by molar-refractivity contribution is 0.145. The number of aliphatic hydroxyl groups excluding tert-OH is 1. The van der Waals surface area contributed by atoms with Crippen molar-refractivity contribution < 1.29 is 5.11 Å². The number of nitrogens with one attached hydrogen (secondary N) is 2. The molecule has 0 amide bonds. The fourth-order valence-corrected chi connectivity index (χ4v) is 2.57. The van der Waals surface area contributed by atoms with E-state index >= 15 is 0 Å². The molecule has 0 aliphatic carbocycles. The average Bonchev–Trinajstić information content (AvgIpc) is 2.51. The summed E-state index contributed by atoms with van der Waals surface area (Å²) in [6, 6.07) is 14.3. The molecular formula is C16H16Cl2N2OS. The molecule has 0 unspecified atom stereocenters. The Morgan fingerprint density at radius 1 is 1.09 bits per heavy atom. The smallest absolute Gasteiger partial charge is 0.171 e. The zero-order valence-corrected chi connectivity index (χ0v) is 14.2.